The van der Waals surface area contributed by atoms with E-state index in [9.17, 15) is 0 Å². The first-order valence-corrected chi connectivity index (χ1v) is 6.93. The lowest BCUT2D eigenvalue weighted by Crippen LogP contribution is -2.44. The van der Waals surface area contributed by atoms with Gasteiger partial charge in [0.25, 0.3) is 0 Å². The molecule has 0 bridgehead atoms. The minimum absolute atomic E-state index is 0.702. The quantitative estimate of drug-likeness (QED) is 0.738. The minimum Gasteiger partial charge on any atom is -0.312 e. The van der Waals surface area contributed by atoms with E-state index in [1.807, 2.05) is 0 Å². The van der Waals surface area contributed by atoms with E-state index in [1.54, 1.807) is 0 Å². The second kappa shape index (κ2) is 5.83. The SMILES string of the molecule is CCC(C)C1CN(C2CC=CC2)CCCN1. The van der Waals surface area contributed by atoms with Gasteiger partial charge in [-0.3, -0.25) is 4.90 Å². The number of hydrogen-bond donors (Lipinski definition) is 1. The van der Waals surface area contributed by atoms with E-state index in [2.05, 4.69) is 36.2 Å². The zero-order chi connectivity index (χ0) is 11.4. The highest BCUT2D eigenvalue weighted by Gasteiger charge is 2.26. The molecule has 2 aliphatic rings. The molecule has 92 valence electrons. The van der Waals surface area contributed by atoms with Gasteiger partial charge in [0.1, 0.15) is 0 Å². The second-order valence-electron chi connectivity index (χ2n) is 5.39. The van der Waals surface area contributed by atoms with Crippen LogP contribution in [0.5, 0.6) is 0 Å². The van der Waals surface area contributed by atoms with Crippen LogP contribution in [-0.2, 0) is 0 Å². The Morgan fingerprint density at radius 1 is 1.38 bits per heavy atom. The smallest absolute Gasteiger partial charge is 0.0220 e. The summed E-state index contributed by atoms with van der Waals surface area (Å²) >= 11 is 0. The summed E-state index contributed by atoms with van der Waals surface area (Å²) in [4.78, 5) is 2.72. The fourth-order valence-electron chi connectivity index (χ4n) is 2.88. The van der Waals surface area contributed by atoms with Crippen LogP contribution in [0.25, 0.3) is 0 Å². The van der Waals surface area contributed by atoms with Gasteiger partial charge in [0.05, 0.1) is 0 Å². The Morgan fingerprint density at radius 2 is 2.12 bits per heavy atom. The van der Waals surface area contributed by atoms with E-state index in [4.69, 9.17) is 0 Å². The first-order chi connectivity index (χ1) is 7.81. The minimum atomic E-state index is 0.702. The van der Waals surface area contributed by atoms with Crippen molar-refractivity contribution < 1.29 is 0 Å². The van der Waals surface area contributed by atoms with Crippen LogP contribution in [0.3, 0.4) is 0 Å². The summed E-state index contributed by atoms with van der Waals surface area (Å²) in [5.74, 6) is 0.801. The molecule has 1 heterocycles. The molecule has 1 saturated heterocycles. The third kappa shape index (κ3) is 2.86. The number of nitrogens with zero attached hydrogens (tertiary/aromatic N) is 1. The normalized spacial score (nSPS) is 30.5. The largest absolute Gasteiger partial charge is 0.312 e. The van der Waals surface area contributed by atoms with Gasteiger partial charge in [-0.1, -0.05) is 32.4 Å². The van der Waals surface area contributed by atoms with Gasteiger partial charge in [0.15, 0.2) is 0 Å². The van der Waals surface area contributed by atoms with Crippen molar-refractivity contribution in [3.8, 4) is 0 Å². The fourth-order valence-corrected chi connectivity index (χ4v) is 2.88. The molecule has 0 radical (unpaired) electrons. The van der Waals surface area contributed by atoms with E-state index >= 15 is 0 Å². The maximum absolute atomic E-state index is 3.72. The molecule has 1 aliphatic heterocycles. The fraction of sp³-hybridized carbons (Fsp3) is 0.857. The van der Waals surface area contributed by atoms with Crippen LogP contribution in [0.2, 0.25) is 0 Å². The van der Waals surface area contributed by atoms with Crippen LogP contribution < -0.4 is 5.32 Å². The summed E-state index contributed by atoms with van der Waals surface area (Å²) < 4.78 is 0. The van der Waals surface area contributed by atoms with E-state index in [0.717, 1.165) is 12.0 Å². The zero-order valence-corrected chi connectivity index (χ0v) is 10.8. The second-order valence-corrected chi connectivity index (χ2v) is 5.39. The summed E-state index contributed by atoms with van der Waals surface area (Å²) in [6.07, 6.45) is 9.83. The molecular weight excluding hydrogens is 196 g/mol. The molecule has 0 amide bonds. The third-order valence-corrected chi connectivity index (χ3v) is 4.29. The molecule has 2 atom stereocenters. The van der Waals surface area contributed by atoms with Gasteiger partial charge in [0.2, 0.25) is 0 Å². The topological polar surface area (TPSA) is 15.3 Å². The molecule has 0 aromatic heterocycles. The average Bonchev–Trinajstić information content (AvgIpc) is 2.73. The van der Waals surface area contributed by atoms with Crippen molar-refractivity contribution in [1.29, 1.82) is 0 Å². The highest BCUT2D eigenvalue weighted by atomic mass is 15.2. The van der Waals surface area contributed by atoms with E-state index in [1.165, 1.54) is 45.3 Å². The maximum atomic E-state index is 3.72. The molecule has 0 spiro atoms. The highest BCUT2D eigenvalue weighted by molar-refractivity contribution is 4.99. The lowest BCUT2D eigenvalue weighted by Gasteiger charge is -2.32. The van der Waals surface area contributed by atoms with Crippen molar-refractivity contribution in [2.75, 3.05) is 19.6 Å². The molecule has 0 aromatic carbocycles. The number of rotatable bonds is 3. The Balaban J connectivity index is 1.92. The molecule has 16 heavy (non-hydrogen) atoms. The van der Waals surface area contributed by atoms with Crippen molar-refractivity contribution in [3.63, 3.8) is 0 Å². The van der Waals surface area contributed by atoms with Gasteiger partial charge in [-0.2, -0.15) is 0 Å². The van der Waals surface area contributed by atoms with Crippen LogP contribution in [0.1, 0.15) is 39.5 Å². The van der Waals surface area contributed by atoms with E-state index in [0.29, 0.717) is 6.04 Å². The standard InChI is InChI=1S/C14H26N2/c1-3-12(2)14-11-16(10-6-9-15-14)13-7-4-5-8-13/h4-5,12-15H,3,6-11H2,1-2H3. The summed E-state index contributed by atoms with van der Waals surface area (Å²) in [6, 6.07) is 1.50. The van der Waals surface area contributed by atoms with Crippen LogP contribution >= 0.6 is 0 Å². The molecule has 2 unspecified atom stereocenters. The Kier molecular flexibility index (Phi) is 4.42. The first-order valence-electron chi connectivity index (χ1n) is 6.93. The maximum Gasteiger partial charge on any atom is 0.0220 e. The summed E-state index contributed by atoms with van der Waals surface area (Å²) in [6.45, 7) is 8.42. The average molecular weight is 222 g/mol. The van der Waals surface area contributed by atoms with Gasteiger partial charge in [-0.15, -0.1) is 0 Å². The van der Waals surface area contributed by atoms with Crippen LogP contribution in [-0.4, -0.2) is 36.6 Å². The predicted octanol–water partition coefficient (Wildman–Crippen LogP) is 2.42. The van der Waals surface area contributed by atoms with Gasteiger partial charge in [0, 0.05) is 18.6 Å². The number of nitrogens with one attached hydrogen (secondary N) is 1. The Morgan fingerprint density at radius 3 is 2.81 bits per heavy atom. The zero-order valence-electron chi connectivity index (χ0n) is 10.8. The van der Waals surface area contributed by atoms with Gasteiger partial charge < -0.3 is 5.32 Å². The van der Waals surface area contributed by atoms with Crippen molar-refractivity contribution in [1.82, 2.24) is 10.2 Å². The van der Waals surface area contributed by atoms with E-state index < -0.39 is 0 Å². The Labute approximate surface area is 100 Å². The van der Waals surface area contributed by atoms with Crippen LogP contribution in [0.4, 0.5) is 0 Å². The van der Waals surface area contributed by atoms with Gasteiger partial charge >= 0.3 is 0 Å². The van der Waals surface area contributed by atoms with E-state index in [-0.39, 0.29) is 0 Å². The van der Waals surface area contributed by atoms with Crippen molar-refractivity contribution in [2.24, 2.45) is 5.92 Å². The molecule has 2 rings (SSSR count). The molecule has 0 saturated carbocycles. The van der Waals surface area contributed by atoms with Gasteiger partial charge in [-0.25, -0.2) is 0 Å². The number of hydrogen-bond acceptors (Lipinski definition) is 2. The Hall–Kier alpha value is -0.340. The molecule has 1 fully saturated rings. The molecule has 1 aliphatic carbocycles. The van der Waals surface area contributed by atoms with Crippen LogP contribution in [0, 0.1) is 5.92 Å². The highest BCUT2D eigenvalue weighted by Crippen LogP contribution is 2.21. The third-order valence-electron chi connectivity index (χ3n) is 4.29. The van der Waals surface area contributed by atoms with Gasteiger partial charge in [-0.05, 0) is 38.3 Å². The lowest BCUT2D eigenvalue weighted by molar-refractivity contribution is 0.182. The molecule has 2 nitrogen and oxygen atoms in total. The predicted molar refractivity (Wildman–Crippen MR) is 69.6 cm³/mol. The molecule has 2 heteroatoms. The Bertz CT molecular complexity index is 229. The van der Waals surface area contributed by atoms with Crippen molar-refractivity contribution in [3.05, 3.63) is 12.2 Å². The van der Waals surface area contributed by atoms with Crippen LogP contribution in [0.15, 0.2) is 12.2 Å². The lowest BCUT2D eigenvalue weighted by atomic mass is 9.98. The monoisotopic (exact) mass is 222 g/mol. The van der Waals surface area contributed by atoms with Crippen molar-refractivity contribution >= 4 is 0 Å². The first kappa shape index (κ1) is 12.1. The van der Waals surface area contributed by atoms with Crippen molar-refractivity contribution in [2.45, 2.75) is 51.6 Å². The molecule has 0 aromatic rings. The summed E-state index contributed by atoms with van der Waals surface area (Å²) in [5.41, 5.74) is 0. The summed E-state index contributed by atoms with van der Waals surface area (Å²) in [5, 5.41) is 3.72. The molecular formula is C14H26N2. The summed E-state index contributed by atoms with van der Waals surface area (Å²) in [7, 11) is 0. The molecule has 1 N–H and O–H groups in total.